The van der Waals surface area contributed by atoms with E-state index in [1.165, 1.54) is 6.21 Å². The molecule has 158 valence electrons. The molecule has 0 heterocycles. The van der Waals surface area contributed by atoms with E-state index < -0.39 is 11.9 Å². The number of hydrogen-bond donors (Lipinski definition) is 1. The predicted octanol–water partition coefficient (Wildman–Crippen LogP) is 4.10. The summed E-state index contributed by atoms with van der Waals surface area (Å²) in [5.41, 5.74) is 3.39. The maximum atomic E-state index is 12.3. The Hall–Kier alpha value is -3.84. The van der Waals surface area contributed by atoms with Crippen molar-refractivity contribution in [3.8, 4) is 17.2 Å². The molecular formula is C23H19ClN2O5. The van der Waals surface area contributed by atoms with Crippen molar-refractivity contribution in [2.45, 2.75) is 0 Å². The van der Waals surface area contributed by atoms with Crippen molar-refractivity contribution >= 4 is 29.7 Å². The molecule has 3 rings (SSSR count). The lowest BCUT2D eigenvalue weighted by atomic mass is 10.2. The van der Waals surface area contributed by atoms with Crippen molar-refractivity contribution < 1.29 is 23.8 Å². The largest absolute Gasteiger partial charge is 0.497 e. The molecule has 0 aliphatic heterocycles. The molecule has 7 nitrogen and oxygen atoms in total. The Kier molecular flexibility index (Phi) is 7.61. The number of rotatable bonds is 8. The second-order valence-corrected chi connectivity index (χ2v) is 6.61. The van der Waals surface area contributed by atoms with E-state index in [0.29, 0.717) is 33.4 Å². The number of carbonyl (C=O) groups is 2. The topological polar surface area (TPSA) is 86.2 Å². The summed E-state index contributed by atoms with van der Waals surface area (Å²) in [6, 6.07) is 20.2. The van der Waals surface area contributed by atoms with Crippen LogP contribution in [0.1, 0.15) is 15.9 Å². The Morgan fingerprint density at radius 3 is 2.52 bits per heavy atom. The zero-order valence-electron chi connectivity index (χ0n) is 16.6. The van der Waals surface area contributed by atoms with Crippen molar-refractivity contribution in [1.29, 1.82) is 0 Å². The fraction of sp³-hybridized carbons (Fsp3) is 0.0870. The minimum Gasteiger partial charge on any atom is -0.497 e. The van der Waals surface area contributed by atoms with Gasteiger partial charge in [0.05, 0.1) is 23.9 Å². The Morgan fingerprint density at radius 2 is 1.77 bits per heavy atom. The first-order chi connectivity index (χ1) is 15.0. The van der Waals surface area contributed by atoms with Crippen molar-refractivity contribution in [3.05, 3.63) is 88.9 Å². The Balaban J connectivity index is 1.52. The quantitative estimate of drug-likeness (QED) is 0.248. The van der Waals surface area contributed by atoms with Crippen molar-refractivity contribution in [3.63, 3.8) is 0 Å². The normalized spacial score (nSPS) is 10.5. The third-order valence-electron chi connectivity index (χ3n) is 3.99. The van der Waals surface area contributed by atoms with Crippen LogP contribution >= 0.6 is 11.6 Å². The van der Waals surface area contributed by atoms with Gasteiger partial charge in [0.25, 0.3) is 5.91 Å². The molecule has 0 aromatic heterocycles. The van der Waals surface area contributed by atoms with E-state index in [1.807, 2.05) is 0 Å². The number of nitrogens with zero attached hydrogens (tertiary/aromatic N) is 1. The molecule has 0 spiro atoms. The minimum absolute atomic E-state index is 0.236. The molecule has 0 bridgehead atoms. The maximum Gasteiger partial charge on any atom is 0.343 e. The summed E-state index contributed by atoms with van der Waals surface area (Å²) < 4.78 is 15.8. The van der Waals surface area contributed by atoms with Gasteiger partial charge in [0.15, 0.2) is 6.61 Å². The molecule has 0 atom stereocenters. The Bertz CT molecular complexity index is 1080. The number of para-hydroxylation sites is 1. The lowest BCUT2D eigenvalue weighted by molar-refractivity contribution is -0.123. The average molecular weight is 439 g/mol. The highest BCUT2D eigenvalue weighted by atomic mass is 35.5. The summed E-state index contributed by atoms with van der Waals surface area (Å²) in [5.74, 6) is 0.460. The second-order valence-electron chi connectivity index (χ2n) is 6.20. The molecule has 8 heteroatoms. The zero-order chi connectivity index (χ0) is 22.1. The van der Waals surface area contributed by atoms with Gasteiger partial charge in [-0.3, -0.25) is 4.79 Å². The molecule has 0 aliphatic carbocycles. The molecule has 0 aliphatic rings. The van der Waals surface area contributed by atoms with E-state index >= 15 is 0 Å². The fourth-order valence-corrected chi connectivity index (χ4v) is 2.66. The Morgan fingerprint density at radius 1 is 1.00 bits per heavy atom. The standard InChI is InChI=1S/C23H19ClN2O5/c1-29-18-11-9-17(10-12-18)23(28)31-19-6-4-5-16(13-19)14-25-26-22(27)15-30-21-8-3-2-7-20(21)24/h2-14H,15H2,1H3,(H,26,27)/b25-14-. The van der Waals surface area contributed by atoms with Crippen LogP contribution in [0.25, 0.3) is 0 Å². The molecule has 0 fully saturated rings. The van der Waals surface area contributed by atoms with Gasteiger partial charge in [0.2, 0.25) is 0 Å². The number of esters is 1. The lowest BCUT2D eigenvalue weighted by Crippen LogP contribution is -2.24. The predicted molar refractivity (Wildman–Crippen MR) is 117 cm³/mol. The van der Waals surface area contributed by atoms with Gasteiger partial charge in [-0.1, -0.05) is 35.9 Å². The summed E-state index contributed by atoms with van der Waals surface area (Å²) in [4.78, 5) is 24.1. The second kappa shape index (κ2) is 10.8. The van der Waals surface area contributed by atoms with Gasteiger partial charge in [-0.25, -0.2) is 10.2 Å². The molecule has 3 aromatic carbocycles. The molecule has 31 heavy (non-hydrogen) atoms. The van der Waals surface area contributed by atoms with Gasteiger partial charge in [-0.15, -0.1) is 0 Å². The van der Waals surface area contributed by atoms with Gasteiger partial charge < -0.3 is 14.2 Å². The summed E-state index contributed by atoms with van der Waals surface area (Å²) in [6.07, 6.45) is 1.43. The van der Waals surface area contributed by atoms with E-state index in [0.717, 1.165) is 0 Å². The van der Waals surface area contributed by atoms with E-state index in [2.05, 4.69) is 10.5 Å². The molecule has 1 N–H and O–H groups in total. The number of halogens is 1. The van der Waals surface area contributed by atoms with Crippen LogP contribution < -0.4 is 19.6 Å². The maximum absolute atomic E-state index is 12.3. The minimum atomic E-state index is -0.498. The highest BCUT2D eigenvalue weighted by molar-refractivity contribution is 6.32. The van der Waals surface area contributed by atoms with Gasteiger partial charge in [0.1, 0.15) is 17.2 Å². The smallest absolute Gasteiger partial charge is 0.343 e. The van der Waals surface area contributed by atoms with Crippen LogP contribution in [0, 0.1) is 0 Å². The van der Waals surface area contributed by atoms with Crippen LogP contribution in [0.2, 0.25) is 5.02 Å². The number of methoxy groups -OCH3 is 1. The van der Waals surface area contributed by atoms with Crippen molar-refractivity contribution in [1.82, 2.24) is 5.43 Å². The highest BCUT2D eigenvalue weighted by Crippen LogP contribution is 2.22. The molecule has 3 aromatic rings. The molecule has 0 radical (unpaired) electrons. The van der Waals surface area contributed by atoms with Crippen LogP contribution in [-0.4, -0.2) is 31.8 Å². The summed E-state index contributed by atoms with van der Waals surface area (Å²) in [7, 11) is 1.55. The summed E-state index contributed by atoms with van der Waals surface area (Å²) in [5, 5.41) is 4.30. The summed E-state index contributed by atoms with van der Waals surface area (Å²) >= 11 is 5.97. The van der Waals surface area contributed by atoms with Gasteiger partial charge in [-0.2, -0.15) is 5.10 Å². The zero-order valence-corrected chi connectivity index (χ0v) is 17.3. The molecule has 0 unspecified atom stereocenters. The SMILES string of the molecule is COc1ccc(C(=O)Oc2cccc(/C=N\NC(=O)COc3ccccc3Cl)c2)cc1. The average Bonchev–Trinajstić information content (AvgIpc) is 2.79. The van der Waals surface area contributed by atoms with Crippen LogP contribution in [0.5, 0.6) is 17.2 Å². The number of amides is 1. The van der Waals surface area contributed by atoms with Crippen LogP contribution in [0.3, 0.4) is 0 Å². The molecule has 0 saturated carbocycles. The number of carbonyl (C=O) groups excluding carboxylic acids is 2. The third-order valence-corrected chi connectivity index (χ3v) is 4.30. The van der Waals surface area contributed by atoms with Crippen LogP contribution in [0.15, 0.2) is 77.9 Å². The number of benzene rings is 3. The molecule has 1 amide bonds. The highest BCUT2D eigenvalue weighted by Gasteiger charge is 2.09. The number of nitrogens with one attached hydrogen (secondary N) is 1. The molecule has 0 saturated heterocycles. The van der Waals surface area contributed by atoms with E-state index in [-0.39, 0.29) is 6.61 Å². The van der Waals surface area contributed by atoms with E-state index in [4.69, 9.17) is 25.8 Å². The molecular weight excluding hydrogens is 420 g/mol. The summed E-state index contributed by atoms with van der Waals surface area (Å²) in [6.45, 7) is -0.236. The van der Waals surface area contributed by atoms with Gasteiger partial charge in [-0.05, 0) is 54.1 Å². The van der Waals surface area contributed by atoms with Crippen molar-refractivity contribution in [2.75, 3.05) is 13.7 Å². The van der Waals surface area contributed by atoms with Crippen LogP contribution in [-0.2, 0) is 4.79 Å². The number of ether oxygens (including phenoxy) is 3. The Labute approximate surface area is 184 Å². The lowest BCUT2D eigenvalue weighted by Gasteiger charge is -2.07. The van der Waals surface area contributed by atoms with Crippen LogP contribution in [0.4, 0.5) is 0 Å². The van der Waals surface area contributed by atoms with E-state index in [1.54, 1.807) is 79.9 Å². The monoisotopic (exact) mass is 438 g/mol. The first kappa shape index (κ1) is 21.9. The first-order valence-electron chi connectivity index (χ1n) is 9.20. The van der Waals surface area contributed by atoms with Crippen molar-refractivity contribution in [2.24, 2.45) is 5.10 Å². The van der Waals surface area contributed by atoms with E-state index in [9.17, 15) is 9.59 Å². The number of hydrogen-bond acceptors (Lipinski definition) is 6. The fourth-order valence-electron chi connectivity index (χ4n) is 2.47. The first-order valence-corrected chi connectivity index (χ1v) is 9.58. The van der Waals surface area contributed by atoms with Gasteiger partial charge >= 0.3 is 5.97 Å². The number of hydrazone groups is 1. The third kappa shape index (κ3) is 6.58. The van der Waals surface area contributed by atoms with Gasteiger partial charge in [0, 0.05) is 0 Å².